The largest absolute Gasteiger partial charge is 0.480 e. The predicted octanol–water partition coefficient (Wildman–Crippen LogP) is 0.238. The van der Waals surface area contributed by atoms with E-state index in [0.717, 1.165) is 6.07 Å². The molecule has 0 aromatic carbocycles. The molecule has 0 amide bonds. The maximum atomic E-state index is 12.6. The molecule has 11 heavy (non-hydrogen) atoms. The Kier molecular flexibility index (Phi) is 1.91. The van der Waals surface area contributed by atoms with Gasteiger partial charge in [0.05, 0.1) is 5.69 Å². The van der Waals surface area contributed by atoms with E-state index in [1.54, 1.807) is 0 Å². The van der Waals surface area contributed by atoms with E-state index in [9.17, 15) is 9.18 Å². The average Bonchev–Trinajstić information content (AvgIpc) is 2.33. The summed E-state index contributed by atoms with van der Waals surface area (Å²) in [4.78, 5) is 12.6. The van der Waals surface area contributed by atoms with Crippen LogP contribution in [0, 0.1) is 5.82 Å². The molecular formula is C6H7FN2O2. The second-order valence-electron chi connectivity index (χ2n) is 2.06. The Morgan fingerprint density at radius 3 is 2.82 bits per heavy atom. The molecule has 0 aliphatic rings. The fourth-order valence-electron chi connectivity index (χ4n) is 0.725. The minimum atomic E-state index is -1.31. The number of H-pyrrole nitrogens is 1. The van der Waals surface area contributed by atoms with E-state index >= 15 is 0 Å². The SMILES string of the molecule is NC(C(=O)O)c1[nH]ccc1F. The molecule has 4 nitrogen and oxygen atoms in total. The van der Waals surface area contributed by atoms with Crippen molar-refractivity contribution in [3.05, 3.63) is 23.8 Å². The molecule has 0 bridgehead atoms. The van der Waals surface area contributed by atoms with Gasteiger partial charge in [0.15, 0.2) is 0 Å². The zero-order chi connectivity index (χ0) is 8.43. The normalized spacial score (nSPS) is 12.9. The molecule has 0 radical (unpaired) electrons. The second-order valence-corrected chi connectivity index (χ2v) is 2.06. The van der Waals surface area contributed by atoms with Crippen molar-refractivity contribution in [3.63, 3.8) is 0 Å². The molecule has 0 aliphatic heterocycles. The number of hydrogen-bond donors (Lipinski definition) is 3. The van der Waals surface area contributed by atoms with Crippen LogP contribution in [0.2, 0.25) is 0 Å². The number of hydrogen-bond acceptors (Lipinski definition) is 2. The number of aromatic amines is 1. The van der Waals surface area contributed by atoms with Gasteiger partial charge in [0, 0.05) is 6.20 Å². The summed E-state index contributed by atoms with van der Waals surface area (Å²) < 4.78 is 12.6. The van der Waals surface area contributed by atoms with Crippen LogP contribution in [0.3, 0.4) is 0 Å². The van der Waals surface area contributed by atoms with Crippen molar-refractivity contribution in [1.29, 1.82) is 0 Å². The molecule has 5 heteroatoms. The molecular weight excluding hydrogens is 151 g/mol. The summed E-state index contributed by atoms with van der Waals surface area (Å²) in [5.74, 6) is -1.88. The van der Waals surface area contributed by atoms with Crippen molar-refractivity contribution in [2.75, 3.05) is 0 Å². The van der Waals surface area contributed by atoms with Crippen LogP contribution in [0.25, 0.3) is 0 Å². The zero-order valence-electron chi connectivity index (χ0n) is 5.54. The van der Waals surface area contributed by atoms with E-state index in [2.05, 4.69) is 4.98 Å². The van der Waals surface area contributed by atoms with Gasteiger partial charge in [0.1, 0.15) is 11.9 Å². The number of aromatic nitrogens is 1. The van der Waals surface area contributed by atoms with E-state index in [1.807, 2.05) is 0 Å². The van der Waals surface area contributed by atoms with E-state index in [0.29, 0.717) is 0 Å². The maximum Gasteiger partial charge on any atom is 0.326 e. The first-order chi connectivity index (χ1) is 5.13. The van der Waals surface area contributed by atoms with Gasteiger partial charge in [-0.15, -0.1) is 0 Å². The molecule has 0 saturated heterocycles. The summed E-state index contributed by atoms with van der Waals surface area (Å²) in [6.07, 6.45) is 1.30. The van der Waals surface area contributed by atoms with Crippen molar-refractivity contribution in [1.82, 2.24) is 4.98 Å². The third-order valence-electron chi connectivity index (χ3n) is 1.30. The molecule has 1 aromatic heterocycles. The molecule has 1 heterocycles. The van der Waals surface area contributed by atoms with Gasteiger partial charge >= 0.3 is 5.97 Å². The Morgan fingerprint density at radius 2 is 2.45 bits per heavy atom. The predicted molar refractivity (Wildman–Crippen MR) is 35.3 cm³/mol. The van der Waals surface area contributed by atoms with Gasteiger partial charge in [0.25, 0.3) is 0 Å². The highest BCUT2D eigenvalue weighted by Crippen LogP contribution is 2.11. The Hall–Kier alpha value is -1.36. The average molecular weight is 158 g/mol. The first kappa shape index (κ1) is 7.74. The molecule has 1 unspecified atom stereocenters. The second kappa shape index (κ2) is 2.71. The third-order valence-corrected chi connectivity index (χ3v) is 1.30. The van der Waals surface area contributed by atoms with E-state index < -0.39 is 17.8 Å². The summed E-state index contributed by atoms with van der Waals surface area (Å²) in [7, 11) is 0. The van der Waals surface area contributed by atoms with Crippen LogP contribution in [0.5, 0.6) is 0 Å². The number of nitrogens with one attached hydrogen (secondary N) is 1. The van der Waals surface area contributed by atoms with Crippen LogP contribution >= 0.6 is 0 Å². The van der Waals surface area contributed by atoms with Crippen LogP contribution in [-0.2, 0) is 4.79 Å². The first-order valence-electron chi connectivity index (χ1n) is 2.94. The molecule has 1 atom stereocenters. The topological polar surface area (TPSA) is 79.1 Å². The van der Waals surface area contributed by atoms with Crippen molar-refractivity contribution < 1.29 is 14.3 Å². The van der Waals surface area contributed by atoms with Gasteiger partial charge in [-0.25, -0.2) is 4.39 Å². The lowest BCUT2D eigenvalue weighted by atomic mass is 10.2. The van der Waals surface area contributed by atoms with Crippen LogP contribution in [-0.4, -0.2) is 16.1 Å². The van der Waals surface area contributed by atoms with Gasteiger partial charge in [-0.1, -0.05) is 0 Å². The molecule has 0 saturated carbocycles. The zero-order valence-corrected chi connectivity index (χ0v) is 5.54. The summed E-state index contributed by atoms with van der Waals surface area (Å²) >= 11 is 0. The quantitative estimate of drug-likeness (QED) is 0.576. The number of nitrogens with two attached hydrogens (primary N) is 1. The van der Waals surface area contributed by atoms with E-state index in [-0.39, 0.29) is 5.69 Å². The number of carboxylic acid groups (broad SMARTS) is 1. The lowest BCUT2D eigenvalue weighted by Crippen LogP contribution is -2.21. The Balaban J connectivity index is 2.92. The highest BCUT2D eigenvalue weighted by Gasteiger charge is 2.18. The highest BCUT2D eigenvalue weighted by atomic mass is 19.1. The monoisotopic (exact) mass is 158 g/mol. The van der Waals surface area contributed by atoms with Crippen LogP contribution < -0.4 is 5.73 Å². The number of aliphatic carboxylic acids is 1. The van der Waals surface area contributed by atoms with Gasteiger partial charge in [-0.05, 0) is 6.07 Å². The van der Waals surface area contributed by atoms with Crippen molar-refractivity contribution in [2.45, 2.75) is 6.04 Å². The van der Waals surface area contributed by atoms with E-state index in [1.165, 1.54) is 6.20 Å². The molecule has 1 rings (SSSR count). The van der Waals surface area contributed by atoms with Crippen LogP contribution in [0.4, 0.5) is 4.39 Å². The lowest BCUT2D eigenvalue weighted by molar-refractivity contribution is -0.138. The maximum absolute atomic E-state index is 12.6. The smallest absolute Gasteiger partial charge is 0.326 e. The van der Waals surface area contributed by atoms with Gasteiger partial charge < -0.3 is 15.8 Å². The standard InChI is InChI=1S/C6H7FN2O2/c7-3-1-2-9-5(3)4(8)6(10)11/h1-2,4,9H,8H2,(H,10,11). The van der Waals surface area contributed by atoms with Crippen LogP contribution in [0.15, 0.2) is 12.3 Å². The molecule has 1 aromatic rings. The molecule has 0 spiro atoms. The molecule has 60 valence electrons. The lowest BCUT2D eigenvalue weighted by Gasteiger charge is -2.02. The molecule has 0 fully saturated rings. The Morgan fingerprint density at radius 1 is 1.82 bits per heavy atom. The number of carboxylic acids is 1. The van der Waals surface area contributed by atoms with Crippen molar-refractivity contribution in [2.24, 2.45) is 5.73 Å². The number of carbonyl (C=O) groups is 1. The van der Waals surface area contributed by atoms with E-state index in [4.69, 9.17) is 10.8 Å². The minimum Gasteiger partial charge on any atom is -0.480 e. The Bertz CT molecular complexity index is 271. The van der Waals surface area contributed by atoms with Gasteiger partial charge in [-0.3, -0.25) is 4.79 Å². The fraction of sp³-hybridized carbons (Fsp3) is 0.167. The summed E-state index contributed by atoms with van der Waals surface area (Å²) in [6.45, 7) is 0. The van der Waals surface area contributed by atoms with Crippen molar-refractivity contribution >= 4 is 5.97 Å². The van der Waals surface area contributed by atoms with Crippen LogP contribution in [0.1, 0.15) is 11.7 Å². The minimum absolute atomic E-state index is 0.0995. The molecule has 0 aliphatic carbocycles. The third kappa shape index (κ3) is 1.38. The fourth-order valence-corrected chi connectivity index (χ4v) is 0.725. The molecule has 4 N–H and O–H groups in total. The summed E-state index contributed by atoms with van der Waals surface area (Å²) in [5, 5.41) is 8.37. The summed E-state index contributed by atoms with van der Waals surface area (Å²) in [6, 6.07) is -0.192. The van der Waals surface area contributed by atoms with Crippen molar-refractivity contribution in [3.8, 4) is 0 Å². The Labute approximate surface area is 61.8 Å². The number of halogens is 1. The van der Waals surface area contributed by atoms with Gasteiger partial charge in [-0.2, -0.15) is 0 Å². The first-order valence-corrected chi connectivity index (χ1v) is 2.94. The summed E-state index contributed by atoms with van der Waals surface area (Å²) in [5.41, 5.74) is 5.01. The van der Waals surface area contributed by atoms with Gasteiger partial charge in [0.2, 0.25) is 0 Å². The number of rotatable bonds is 2. The highest BCUT2D eigenvalue weighted by molar-refractivity contribution is 5.74.